The molecular weight excluding hydrogens is 561 g/mol. The molecule has 0 spiro atoms. The molecule has 0 bridgehead atoms. The van der Waals surface area contributed by atoms with E-state index >= 15 is 0 Å². The molecule has 0 unspecified atom stereocenters. The van der Waals surface area contributed by atoms with Gasteiger partial charge >= 0.3 is 0 Å². The smallest absolute Gasteiger partial charge is 0.207 e. The number of terminal acetylenes is 1. The Hall–Kier alpha value is -1.94. The van der Waals surface area contributed by atoms with E-state index in [0.717, 1.165) is 50.6 Å². The van der Waals surface area contributed by atoms with E-state index in [2.05, 4.69) is 101 Å². The van der Waals surface area contributed by atoms with Crippen LogP contribution < -0.4 is 0 Å². The summed E-state index contributed by atoms with van der Waals surface area (Å²) in [5.74, 6) is 3.38. The summed E-state index contributed by atoms with van der Waals surface area (Å²) in [7, 11) is -2.43. The molecular formula is C39H56O4Si. The van der Waals surface area contributed by atoms with Gasteiger partial charge in [-0.1, -0.05) is 101 Å². The minimum atomic E-state index is -2.43. The standard InChI is InChI=1S/C39H56O4Si/c1-7-39(42)23-20-35-33(26-41)34(19-22-38(35,39)6)37(5)21-18-32(24-31(37)25-40)43-44(36(2,3)4,27-29-14-10-8-11-15-29)28-30-16-12-9-13-17-30/h1,8-17,31-35,40-42H,18-28H2,2-6H3/t31-,32+,33-,34+,35+,37+,38+,39+/m1/s1. The second-order valence-corrected chi connectivity index (χ2v) is 20.5. The highest BCUT2D eigenvalue weighted by molar-refractivity contribution is 6.75. The number of hydrogen-bond acceptors (Lipinski definition) is 4. The zero-order chi connectivity index (χ0) is 31.8. The molecule has 5 heteroatoms. The van der Waals surface area contributed by atoms with Crippen molar-refractivity contribution in [3.8, 4) is 12.3 Å². The first kappa shape index (κ1) is 33.4. The van der Waals surface area contributed by atoms with Crippen LogP contribution in [0.3, 0.4) is 0 Å². The third-order valence-corrected chi connectivity index (χ3v) is 18.5. The van der Waals surface area contributed by atoms with E-state index < -0.39 is 13.9 Å². The molecule has 0 amide bonds. The number of benzene rings is 2. The van der Waals surface area contributed by atoms with Crippen LogP contribution in [0.15, 0.2) is 60.7 Å². The lowest BCUT2D eigenvalue weighted by atomic mass is 9.48. The van der Waals surface area contributed by atoms with Crippen molar-refractivity contribution in [1.82, 2.24) is 0 Å². The van der Waals surface area contributed by atoms with E-state index in [1.165, 1.54) is 11.1 Å². The van der Waals surface area contributed by atoms with Gasteiger partial charge in [0.2, 0.25) is 8.32 Å². The van der Waals surface area contributed by atoms with Gasteiger partial charge in [-0.25, -0.2) is 0 Å². The number of aliphatic hydroxyl groups excluding tert-OH is 2. The van der Waals surface area contributed by atoms with E-state index in [1.807, 2.05) is 0 Å². The van der Waals surface area contributed by atoms with Gasteiger partial charge in [0.15, 0.2) is 0 Å². The maximum Gasteiger partial charge on any atom is 0.207 e. The molecule has 3 aliphatic carbocycles. The van der Waals surface area contributed by atoms with Gasteiger partial charge in [0, 0.05) is 24.7 Å². The summed E-state index contributed by atoms with van der Waals surface area (Å²) in [4.78, 5) is 0. The molecule has 2 aromatic rings. The molecule has 3 saturated carbocycles. The summed E-state index contributed by atoms with van der Waals surface area (Å²) in [5.41, 5.74) is 1.10. The molecule has 0 aromatic heterocycles. The Morgan fingerprint density at radius 2 is 1.41 bits per heavy atom. The normalized spacial score (nSPS) is 36.0. The molecule has 2 aromatic carbocycles. The molecule has 3 fully saturated rings. The SMILES string of the molecule is C#C[C@]1(O)CC[C@H]2[C@H](CO)[C@@H]([C@@]3(C)CC[C@H](O[Si](Cc4ccccc4)(Cc4ccccc4)C(C)(C)C)C[C@@H]3CO)CC[C@@]21C. The van der Waals surface area contributed by atoms with Crippen molar-refractivity contribution < 1.29 is 19.7 Å². The van der Waals surface area contributed by atoms with Crippen molar-refractivity contribution >= 4 is 8.32 Å². The van der Waals surface area contributed by atoms with Gasteiger partial charge in [0.1, 0.15) is 5.60 Å². The van der Waals surface area contributed by atoms with Crippen LogP contribution in [0.2, 0.25) is 5.04 Å². The predicted octanol–water partition coefficient (Wildman–Crippen LogP) is 7.28. The van der Waals surface area contributed by atoms with Gasteiger partial charge in [-0.2, -0.15) is 0 Å². The first-order valence-electron chi connectivity index (χ1n) is 17.0. The Kier molecular flexibility index (Phi) is 9.64. The van der Waals surface area contributed by atoms with E-state index in [9.17, 15) is 15.3 Å². The fourth-order valence-corrected chi connectivity index (χ4v) is 14.2. The second kappa shape index (κ2) is 12.7. The zero-order valence-electron chi connectivity index (χ0n) is 27.8. The number of aliphatic hydroxyl groups is 3. The molecule has 8 atom stereocenters. The Labute approximate surface area is 267 Å². The highest BCUT2D eigenvalue weighted by atomic mass is 28.4. The summed E-state index contributed by atoms with van der Waals surface area (Å²) in [6.07, 6.45) is 12.0. The van der Waals surface area contributed by atoms with Gasteiger partial charge in [-0.05, 0) is 102 Å². The largest absolute Gasteiger partial charge is 0.413 e. The van der Waals surface area contributed by atoms with Crippen molar-refractivity contribution in [1.29, 1.82) is 0 Å². The van der Waals surface area contributed by atoms with Crippen LogP contribution in [0, 0.1) is 46.8 Å². The van der Waals surface area contributed by atoms with E-state index in [0.29, 0.717) is 6.42 Å². The number of rotatable bonds is 9. The van der Waals surface area contributed by atoms with E-state index in [-0.39, 0.29) is 58.9 Å². The molecule has 44 heavy (non-hydrogen) atoms. The van der Waals surface area contributed by atoms with E-state index in [4.69, 9.17) is 10.8 Å². The third-order valence-electron chi connectivity index (χ3n) is 13.0. The summed E-state index contributed by atoms with van der Waals surface area (Å²) in [5, 5.41) is 33.2. The highest BCUT2D eigenvalue weighted by Gasteiger charge is 2.63. The summed E-state index contributed by atoms with van der Waals surface area (Å²) >= 11 is 0. The molecule has 3 N–H and O–H groups in total. The van der Waals surface area contributed by atoms with Gasteiger partial charge in [-0.15, -0.1) is 6.42 Å². The monoisotopic (exact) mass is 616 g/mol. The maximum atomic E-state index is 11.4. The molecule has 0 heterocycles. The average molecular weight is 617 g/mol. The minimum absolute atomic E-state index is 0.000246. The van der Waals surface area contributed by atoms with Crippen molar-refractivity contribution in [3.05, 3.63) is 71.8 Å². The lowest BCUT2D eigenvalue weighted by Gasteiger charge is -2.58. The first-order chi connectivity index (χ1) is 20.8. The summed E-state index contributed by atoms with van der Waals surface area (Å²) in [6.45, 7) is 11.8. The Morgan fingerprint density at radius 1 is 0.841 bits per heavy atom. The topological polar surface area (TPSA) is 69.9 Å². The number of fused-ring (bicyclic) bond motifs is 1. The molecule has 0 radical (unpaired) electrons. The predicted molar refractivity (Wildman–Crippen MR) is 181 cm³/mol. The Morgan fingerprint density at radius 3 is 1.91 bits per heavy atom. The quantitative estimate of drug-likeness (QED) is 0.205. The highest BCUT2D eigenvalue weighted by Crippen LogP contribution is 2.65. The Bertz CT molecular complexity index is 1240. The van der Waals surface area contributed by atoms with Crippen LogP contribution in [0.4, 0.5) is 0 Å². The van der Waals surface area contributed by atoms with Gasteiger partial charge in [-0.3, -0.25) is 0 Å². The summed E-state index contributed by atoms with van der Waals surface area (Å²) in [6, 6.07) is 23.6. The molecule has 0 saturated heterocycles. The first-order valence-corrected chi connectivity index (χ1v) is 19.3. The lowest BCUT2D eigenvalue weighted by Crippen LogP contribution is -2.58. The second-order valence-electron chi connectivity index (χ2n) is 16.0. The fraction of sp³-hybridized carbons (Fsp3) is 0.641. The third kappa shape index (κ3) is 5.87. The summed E-state index contributed by atoms with van der Waals surface area (Å²) < 4.78 is 7.57. The van der Waals surface area contributed by atoms with Gasteiger partial charge in [0.05, 0.1) is 0 Å². The molecule has 4 nitrogen and oxygen atoms in total. The van der Waals surface area contributed by atoms with Crippen molar-refractivity contribution in [3.63, 3.8) is 0 Å². The molecule has 0 aliphatic heterocycles. The Balaban J connectivity index is 1.41. The number of hydrogen-bond donors (Lipinski definition) is 3. The van der Waals surface area contributed by atoms with Crippen LogP contribution in [0.5, 0.6) is 0 Å². The van der Waals surface area contributed by atoms with Crippen LogP contribution in [-0.2, 0) is 16.5 Å². The fourth-order valence-electron chi connectivity index (χ4n) is 9.90. The lowest BCUT2D eigenvalue weighted by molar-refractivity contribution is -0.134. The van der Waals surface area contributed by atoms with Crippen molar-refractivity contribution in [2.45, 2.75) is 108 Å². The van der Waals surface area contributed by atoms with Gasteiger partial charge < -0.3 is 19.7 Å². The van der Waals surface area contributed by atoms with Crippen LogP contribution >= 0.6 is 0 Å². The van der Waals surface area contributed by atoms with Crippen LogP contribution in [0.25, 0.3) is 0 Å². The van der Waals surface area contributed by atoms with Crippen molar-refractivity contribution in [2.24, 2.45) is 34.5 Å². The van der Waals surface area contributed by atoms with Crippen LogP contribution in [0.1, 0.15) is 90.7 Å². The van der Waals surface area contributed by atoms with E-state index in [1.54, 1.807) is 0 Å². The van der Waals surface area contributed by atoms with Crippen molar-refractivity contribution in [2.75, 3.05) is 13.2 Å². The molecule has 240 valence electrons. The molecule has 3 aliphatic rings. The van der Waals surface area contributed by atoms with Gasteiger partial charge in [0.25, 0.3) is 0 Å². The minimum Gasteiger partial charge on any atom is -0.413 e. The average Bonchev–Trinajstić information content (AvgIpc) is 3.28. The van der Waals surface area contributed by atoms with Crippen LogP contribution in [-0.4, -0.2) is 48.6 Å². The molecule has 5 rings (SSSR count). The maximum absolute atomic E-state index is 11.4. The zero-order valence-corrected chi connectivity index (χ0v) is 28.8.